The summed E-state index contributed by atoms with van der Waals surface area (Å²) < 4.78 is 0. The first-order chi connectivity index (χ1) is 7.34. The van der Waals surface area contributed by atoms with Crippen molar-refractivity contribution in [3.05, 3.63) is 0 Å². The molecule has 0 aromatic rings. The van der Waals surface area contributed by atoms with Crippen LogP contribution in [0, 0.1) is 0 Å². The van der Waals surface area contributed by atoms with Gasteiger partial charge in [0, 0.05) is 12.6 Å². The molecule has 88 valence electrons. The van der Waals surface area contributed by atoms with Gasteiger partial charge in [-0.1, -0.05) is 45.4 Å². The van der Waals surface area contributed by atoms with Crippen LogP contribution >= 0.6 is 0 Å². The molecule has 1 atom stereocenters. The predicted octanol–water partition coefficient (Wildman–Crippen LogP) is 3.47. The van der Waals surface area contributed by atoms with Gasteiger partial charge in [0.25, 0.3) is 0 Å². The average Bonchev–Trinajstić information content (AvgIpc) is 2.76. The molecule has 2 nitrogen and oxygen atoms in total. The molecule has 1 heterocycles. The molecule has 0 saturated heterocycles. The Bertz CT molecular complexity index is 177. The van der Waals surface area contributed by atoms with Crippen molar-refractivity contribution in [1.82, 2.24) is 4.90 Å². The van der Waals surface area contributed by atoms with Gasteiger partial charge in [-0.05, 0) is 13.3 Å². The Hall–Kier alpha value is -0.530. The molecule has 0 bridgehead atoms. The maximum absolute atomic E-state index is 4.26. The molecule has 0 N–H and O–H groups in total. The lowest BCUT2D eigenvalue weighted by atomic mass is 10.1. The highest BCUT2D eigenvalue weighted by Gasteiger charge is 2.12. The second-order valence-corrected chi connectivity index (χ2v) is 4.66. The Morgan fingerprint density at radius 2 is 1.93 bits per heavy atom. The van der Waals surface area contributed by atoms with Crippen LogP contribution in [0.4, 0.5) is 0 Å². The molecular formula is C13H26N2. The lowest BCUT2D eigenvalue weighted by Gasteiger charge is -2.22. The molecule has 0 spiro atoms. The number of nitrogens with zero attached hydrogens (tertiary/aromatic N) is 2. The largest absolute Gasteiger partial charge is 0.358 e. The van der Waals surface area contributed by atoms with Gasteiger partial charge >= 0.3 is 0 Å². The topological polar surface area (TPSA) is 15.6 Å². The first-order valence-corrected chi connectivity index (χ1v) is 6.60. The quantitative estimate of drug-likeness (QED) is 0.560. The Kier molecular flexibility index (Phi) is 6.45. The summed E-state index contributed by atoms with van der Waals surface area (Å²) in [4.78, 5) is 6.64. The van der Waals surface area contributed by atoms with Crippen molar-refractivity contribution in [3.63, 3.8) is 0 Å². The highest BCUT2D eigenvalue weighted by atomic mass is 15.2. The molecule has 1 aliphatic heterocycles. The SMILES string of the molecule is CCCCCCCCC(C)N1C=NCC1. The van der Waals surface area contributed by atoms with Gasteiger partial charge < -0.3 is 4.90 Å². The van der Waals surface area contributed by atoms with Crippen LogP contribution in [0.2, 0.25) is 0 Å². The zero-order chi connectivity index (χ0) is 10.9. The number of rotatable bonds is 8. The molecule has 0 amide bonds. The van der Waals surface area contributed by atoms with Gasteiger partial charge in [-0.15, -0.1) is 0 Å². The summed E-state index contributed by atoms with van der Waals surface area (Å²) in [6.45, 7) is 6.73. The summed E-state index contributed by atoms with van der Waals surface area (Å²) in [6.07, 6.45) is 11.8. The summed E-state index contributed by atoms with van der Waals surface area (Å²) in [5.74, 6) is 0. The number of aliphatic imine (C=N–C) groups is 1. The molecule has 0 radical (unpaired) electrons. The highest BCUT2D eigenvalue weighted by molar-refractivity contribution is 5.57. The summed E-state index contributed by atoms with van der Waals surface area (Å²) in [6, 6.07) is 0.697. The van der Waals surface area contributed by atoms with Gasteiger partial charge in [-0.2, -0.15) is 0 Å². The Balaban J connectivity index is 1.92. The standard InChI is InChI=1S/C13H26N2/c1-3-4-5-6-7-8-9-13(2)15-11-10-14-12-15/h12-13H,3-11H2,1-2H3. The van der Waals surface area contributed by atoms with E-state index < -0.39 is 0 Å². The van der Waals surface area contributed by atoms with Crippen LogP contribution in [0.5, 0.6) is 0 Å². The zero-order valence-corrected chi connectivity index (χ0v) is 10.4. The lowest BCUT2D eigenvalue weighted by Crippen LogP contribution is -2.30. The molecule has 0 aliphatic carbocycles. The van der Waals surface area contributed by atoms with Crippen molar-refractivity contribution >= 4 is 6.34 Å². The molecule has 0 fully saturated rings. The van der Waals surface area contributed by atoms with Crippen LogP contribution in [0.15, 0.2) is 4.99 Å². The van der Waals surface area contributed by atoms with Crippen molar-refractivity contribution in [2.75, 3.05) is 13.1 Å². The molecule has 1 rings (SSSR count). The van der Waals surface area contributed by atoms with Crippen LogP contribution in [0.25, 0.3) is 0 Å². The first kappa shape index (κ1) is 12.5. The van der Waals surface area contributed by atoms with E-state index in [0.717, 1.165) is 13.1 Å². The van der Waals surface area contributed by atoms with E-state index in [1.807, 2.05) is 6.34 Å². The van der Waals surface area contributed by atoms with Gasteiger partial charge in [0.15, 0.2) is 0 Å². The van der Waals surface area contributed by atoms with Gasteiger partial charge in [0.2, 0.25) is 0 Å². The molecule has 0 aromatic heterocycles. The minimum Gasteiger partial charge on any atom is -0.358 e. The van der Waals surface area contributed by atoms with Crippen molar-refractivity contribution < 1.29 is 0 Å². The average molecular weight is 210 g/mol. The Morgan fingerprint density at radius 3 is 2.60 bits per heavy atom. The van der Waals surface area contributed by atoms with Gasteiger partial charge in [-0.3, -0.25) is 4.99 Å². The maximum atomic E-state index is 4.26. The van der Waals surface area contributed by atoms with Crippen LogP contribution in [-0.2, 0) is 0 Å². The van der Waals surface area contributed by atoms with Crippen molar-refractivity contribution in [2.24, 2.45) is 4.99 Å². The number of unbranched alkanes of at least 4 members (excludes halogenated alkanes) is 5. The smallest absolute Gasteiger partial charge is 0.0853 e. The highest BCUT2D eigenvalue weighted by Crippen LogP contribution is 2.12. The molecule has 15 heavy (non-hydrogen) atoms. The van der Waals surface area contributed by atoms with Crippen LogP contribution in [-0.4, -0.2) is 30.4 Å². The van der Waals surface area contributed by atoms with Crippen molar-refractivity contribution in [1.29, 1.82) is 0 Å². The van der Waals surface area contributed by atoms with Crippen LogP contribution in [0.1, 0.15) is 58.8 Å². The van der Waals surface area contributed by atoms with Crippen LogP contribution < -0.4 is 0 Å². The number of hydrogen-bond donors (Lipinski definition) is 0. The number of hydrogen-bond acceptors (Lipinski definition) is 2. The minimum absolute atomic E-state index is 0.697. The van der Waals surface area contributed by atoms with Gasteiger partial charge in [0.05, 0.1) is 12.9 Å². The van der Waals surface area contributed by atoms with E-state index in [4.69, 9.17) is 0 Å². The van der Waals surface area contributed by atoms with Gasteiger partial charge in [-0.25, -0.2) is 0 Å². The second-order valence-electron chi connectivity index (χ2n) is 4.66. The monoisotopic (exact) mass is 210 g/mol. The van der Waals surface area contributed by atoms with E-state index in [2.05, 4.69) is 23.7 Å². The minimum atomic E-state index is 0.697. The van der Waals surface area contributed by atoms with E-state index in [1.54, 1.807) is 0 Å². The van der Waals surface area contributed by atoms with E-state index in [-0.39, 0.29) is 0 Å². The maximum Gasteiger partial charge on any atom is 0.0853 e. The third-order valence-corrected chi connectivity index (χ3v) is 3.26. The van der Waals surface area contributed by atoms with E-state index in [1.165, 1.54) is 44.9 Å². The molecule has 0 aromatic carbocycles. The fourth-order valence-electron chi connectivity index (χ4n) is 2.11. The van der Waals surface area contributed by atoms with Crippen molar-refractivity contribution in [3.8, 4) is 0 Å². The molecule has 1 aliphatic rings. The van der Waals surface area contributed by atoms with Crippen LogP contribution in [0.3, 0.4) is 0 Å². The fraction of sp³-hybridized carbons (Fsp3) is 0.923. The van der Waals surface area contributed by atoms with E-state index in [9.17, 15) is 0 Å². The third kappa shape index (κ3) is 5.19. The lowest BCUT2D eigenvalue weighted by molar-refractivity contribution is 0.337. The summed E-state index contributed by atoms with van der Waals surface area (Å²) in [7, 11) is 0. The molecular weight excluding hydrogens is 184 g/mol. The fourth-order valence-corrected chi connectivity index (χ4v) is 2.11. The van der Waals surface area contributed by atoms with E-state index in [0.29, 0.717) is 6.04 Å². The first-order valence-electron chi connectivity index (χ1n) is 6.60. The van der Waals surface area contributed by atoms with Crippen molar-refractivity contribution in [2.45, 2.75) is 64.8 Å². The Labute approximate surface area is 94.8 Å². The summed E-state index contributed by atoms with van der Waals surface area (Å²) in [5, 5.41) is 0. The Morgan fingerprint density at radius 1 is 1.20 bits per heavy atom. The summed E-state index contributed by atoms with van der Waals surface area (Å²) >= 11 is 0. The zero-order valence-electron chi connectivity index (χ0n) is 10.4. The molecule has 1 unspecified atom stereocenters. The second kappa shape index (κ2) is 7.72. The molecule has 0 saturated carbocycles. The van der Waals surface area contributed by atoms with E-state index >= 15 is 0 Å². The normalized spacial score (nSPS) is 17.3. The third-order valence-electron chi connectivity index (χ3n) is 3.26. The van der Waals surface area contributed by atoms with Gasteiger partial charge in [0.1, 0.15) is 0 Å². The summed E-state index contributed by atoms with van der Waals surface area (Å²) in [5.41, 5.74) is 0. The molecule has 2 heteroatoms. The predicted molar refractivity (Wildman–Crippen MR) is 67.5 cm³/mol.